The van der Waals surface area contributed by atoms with Crippen LogP contribution in [0.15, 0.2) is 60.9 Å². The van der Waals surface area contributed by atoms with Crippen LogP contribution in [0.3, 0.4) is 0 Å². The predicted molar refractivity (Wildman–Crippen MR) is 312 cm³/mol. The summed E-state index contributed by atoms with van der Waals surface area (Å²) in [5.41, 5.74) is 7.11. The van der Waals surface area contributed by atoms with E-state index in [9.17, 15) is 24.0 Å². The van der Waals surface area contributed by atoms with Gasteiger partial charge in [0.1, 0.15) is 40.5 Å². The van der Waals surface area contributed by atoms with Gasteiger partial charge in [-0.2, -0.15) is 9.97 Å². The van der Waals surface area contributed by atoms with Gasteiger partial charge in [-0.1, -0.05) is 39.1 Å². The third kappa shape index (κ3) is 20.6. The number of benzene rings is 2. The Kier molecular flexibility index (Phi) is 25.3. The van der Waals surface area contributed by atoms with E-state index < -0.39 is 35.2 Å². The molecule has 2 aliphatic rings. The molecule has 4 amide bonds. The van der Waals surface area contributed by atoms with Gasteiger partial charge in [0.15, 0.2) is 11.6 Å². The van der Waals surface area contributed by atoms with Gasteiger partial charge in [-0.25, -0.2) is 33.9 Å². The highest BCUT2D eigenvalue weighted by molar-refractivity contribution is 5.93. The molecule has 79 heavy (non-hydrogen) atoms. The molecule has 22 heteroatoms. The van der Waals surface area contributed by atoms with Gasteiger partial charge in [0.2, 0.25) is 11.9 Å². The topological polar surface area (TPSA) is 252 Å². The quantitative estimate of drug-likeness (QED) is 0.0638. The molecular weight excluding hydrogens is 1010 g/mol. The summed E-state index contributed by atoms with van der Waals surface area (Å²) in [6.07, 6.45) is 6.91. The van der Waals surface area contributed by atoms with Gasteiger partial charge in [-0.3, -0.25) is 0 Å². The van der Waals surface area contributed by atoms with Gasteiger partial charge in [0, 0.05) is 79.3 Å². The predicted octanol–water partition coefficient (Wildman–Crippen LogP) is 9.51. The summed E-state index contributed by atoms with van der Waals surface area (Å²) in [6.45, 7) is 24.6. The maximum Gasteiger partial charge on any atom is 0.415 e. The minimum Gasteiger partial charge on any atom is -0.458 e. The first kappa shape index (κ1) is 65.6. The number of hydrogen-bond acceptors (Lipinski definition) is 18. The van der Waals surface area contributed by atoms with E-state index in [0.717, 1.165) is 63.0 Å². The second-order valence-corrected chi connectivity index (χ2v) is 20.9. The van der Waals surface area contributed by atoms with Crippen molar-refractivity contribution in [3.63, 3.8) is 0 Å². The SMILES string of the molecule is C.C.CCN(CC)c1ncc(N)c(N[C@@H](Cc2ccc(OC(=O)N3CCCC3)cc2)C(=O)OC(C)(C)C)n1.CCN(CC)c1ncc(NC(=O)N(C)C)c(N[C@@H](Cc2ccc(OC(=O)N3CCCC3)cc2)C(=O)OC(C)(C)C)n1. The third-order valence-electron chi connectivity index (χ3n) is 12.2. The molecule has 2 fully saturated rings. The molecule has 0 bridgehead atoms. The van der Waals surface area contributed by atoms with E-state index in [4.69, 9.17) is 24.7 Å². The lowest BCUT2D eigenvalue weighted by Gasteiger charge is -2.26. The number of anilines is 6. The first-order chi connectivity index (χ1) is 36.5. The van der Waals surface area contributed by atoms with Gasteiger partial charge < -0.3 is 65.1 Å². The Morgan fingerprint density at radius 2 is 0.962 bits per heavy atom. The summed E-state index contributed by atoms with van der Waals surface area (Å²) < 4.78 is 22.4. The minimum absolute atomic E-state index is 0. The maximum absolute atomic E-state index is 13.4. The zero-order chi connectivity index (χ0) is 56.5. The first-order valence-electron chi connectivity index (χ1n) is 26.6. The smallest absolute Gasteiger partial charge is 0.415 e. The maximum atomic E-state index is 13.4. The Bertz CT molecular complexity index is 2570. The van der Waals surface area contributed by atoms with Crippen molar-refractivity contribution < 1.29 is 42.9 Å². The van der Waals surface area contributed by atoms with E-state index >= 15 is 0 Å². The van der Waals surface area contributed by atoms with E-state index in [1.807, 2.05) is 82.5 Å². The Morgan fingerprint density at radius 1 is 0.595 bits per heavy atom. The Labute approximate surface area is 468 Å². The number of amides is 4. The van der Waals surface area contributed by atoms with Crippen molar-refractivity contribution in [1.82, 2.24) is 34.6 Å². The van der Waals surface area contributed by atoms with Crippen LogP contribution in [0, 0.1) is 0 Å². The summed E-state index contributed by atoms with van der Waals surface area (Å²) in [4.78, 5) is 90.3. The minimum atomic E-state index is -0.846. The van der Waals surface area contributed by atoms with Crippen molar-refractivity contribution in [3.8, 4) is 11.5 Å². The number of nitrogens with two attached hydrogens (primary N) is 1. The zero-order valence-electron chi connectivity index (χ0n) is 47.1. The molecule has 2 saturated heterocycles. The number of esters is 2. The number of nitrogen functional groups attached to an aromatic ring is 1. The Morgan fingerprint density at radius 3 is 1.33 bits per heavy atom. The number of nitrogens with one attached hydrogen (secondary N) is 3. The van der Waals surface area contributed by atoms with E-state index in [2.05, 4.69) is 35.9 Å². The van der Waals surface area contributed by atoms with Crippen LogP contribution in [0.2, 0.25) is 0 Å². The Hall–Kier alpha value is -7.65. The fourth-order valence-corrected chi connectivity index (χ4v) is 8.07. The molecule has 2 aliphatic heterocycles. The summed E-state index contributed by atoms with van der Waals surface area (Å²) in [5.74, 6) is 1.66. The number of carbonyl (C=O) groups excluding carboxylic acids is 5. The second-order valence-electron chi connectivity index (χ2n) is 20.9. The summed E-state index contributed by atoms with van der Waals surface area (Å²) in [6, 6.07) is 12.2. The molecule has 0 radical (unpaired) electrons. The van der Waals surface area contributed by atoms with E-state index in [1.165, 1.54) is 11.1 Å². The molecule has 0 saturated carbocycles. The number of urea groups is 1. The molecule has 0 unspecified atom stereocenters. The fraction of sp³-hybridized carbons (Fsp3) is 0.561. The van der Waals surface area contributed by atoms with Gasteiger partial charge in [-0.15, -0.1) is 0 Å². The molecule has 2 aromatic carbocycles. The number of hydrogen-bond donors (Lipinski definition) is 4. The number of nitrogens with zero attached hydrogens (tertiary/aromatic N) is 9. The highest BCUT2D eigenvalue weighted by Gasteiger charge is 2.30. The first-order valence-corrected chi connectivity index (χ1v) is 26.6. The van der Waals surface area contributed by atoms with E-state index in [1.54, 1.807) is 75.1 Å². The van der Waals surface area contributed by atoms with E-state index in [-0.39, 0.29) is 39.5 Å². The van der Waals surface area contributed by atoms with Crippen molar-refractivity contribution in [2.45, 2.75) is 146 Å². The highest BCUT2D eigenvalue weighted by atomic mass is 16.6. The lowest BCUT2D eigenvalue weighted by molar-refractivity contribution is -0.156. The fourth-order valence-electron chi connectivity index (χ4n) is 8.07. The van der Waals surface area contributed by atoms with Crippen LogP contribution in [0.5, 0.6) is 11.5 Å². The van der Waals surface area contributed by atoms with Crippen LogP contribution < -0.4 is 41.0 Å². The lowest BCUT2D eigenvalue weighted by Crippen LogP contribution is -2.39. The van der Waals surface area contributed by atoms with Crippen molar-refractivity contribution in [2.24, 2.45) is 0 Å². The number of aromatic nitrogens is 4. The van der Waals surface area contributed by atoms with Gasteiger partial charge in [0.25, 0.3) is 0 Å². The van der Waals surface area contributed by atoms with Crippen LogP contribution in [0.25, 0.3) is 0 Å². The third-order valence-corrected chi connectivity index (χ3v) is 12.2. The molecule has 4 heterocycles. The molecule has 2 atom stereocenters. The van der Waals surface area contributed by atoms with Crippen molar-refractivity contribution in [3.05, 3.63) is 72.1 Å². The molecular formula is C57H89N13O9. The zero-order valence-corrected chi connectivity index (χ0v) is 47.1. The monoisotopic (exact) mass is 1100 g/mol. The van der Waals surface area contributed by atoms with Gasteiger partial charge in [0.05, 0.1) is 18.1 Å². The van der Waals surface area contributed by atoms with Crippen LogP contribution in [-0.2, 0) is 31.9 Å². The number of rotatable bonds is 19. The average Bonchev–Trinajstić information content (AvgIpc) is 4.13. The molecule has 5 N–H and O–H groups in total. The molecule has 0 aliphatic carbocycles. The molecule has 436 valence electrons. The summed E-state index contributed by atoms with van der Waals surface area (Å²) >= 11 is 0. The largest absolute Gasteiger partial charge is 0.458 e. The average molecular weight is 1100 g/mol. The molecule has 2 aromatic heterocycles. The van der Waals surface area contributed by atoms with Crippen LogP contribution in [0.4, 0.5) is 49.3 Å². The van der Waals surface area contributed by atoms with Crippen LogP contribution in [-0.4, -0.2) is 155 Å². The molecule has 0 spiro atoms. The molecule has 6 rings (SSSR count). The van der Waals surface area contributed by atoms with Gasteiger partial charge in [-0.05, 0) is 130 Å². The highest BCUT2D eigenvalue weighted by Crippen LogP contribution is 2.27. The van der Waals surface area contributed by atoms with Crippen molar-refractivity contribution >= 4 is 65.1 Å². The summed E-state index contributed by atoms with van der Waals surface area (Å²) in [5, 5.41) is 9.18. The Balaban J connectivity index is 0.000000408. The van der Waals surface area contributed by atoms with Crippen LogP contribution >= 0.6 is 0 Å². The van der Waals surface area contributed by atoms with Crippen molar-refractivity contribution in [2.75, 3.05) is 97.9 Å². The molecule has 4 aromatic rings. The van der Waals surface area contributed by atoms with E-state index in [0.29, 0.717) is 79.0 Å². The second kappa shape index (κ2) is 30.5. The lowest BCUT2D eigenvalue weighted by atomic mass is 10.1. The number of carbonyl (C=O) groups is 5. The standard InChI is InChI=1S/C29H43N7O5.C26H38N6O4.2CH4/c1-8-35(9-2)26-30-19-23(32-27(38)34(6)7)24(33-26)31-22(25(37)41-29(3,4)5)18-20-12-14-21(15-13-20)40-28(39)36-16-10-11-17-36;1-6-31(7-2)24-28-17-20(27)22(30-24)29-21(23(33)36-26(3,4)5)16-18-10-12-19(13-11-18)35-25(34)32-14-8-9-15-32;;/h12-15,19,22H,8-11,16-18H2,1-7H3,(H,32,38)(H,30,31,33);10-13,17,21H,6-9,14-16,27H2,1-5H3,(H,28,29,30);2*1H4/t22-;21-;;/m00../s1. The normalized spacial score (nSPS) is 13.7. The van der Waals surface area contributed by atoms with Gasteiger partial charge >= 0.3 is 30.2 Å². The summed E-state index contributed by atoms with van der Waals surface area (Å²) in [7, 11) is 3.26. The van der Waals surface area contributed by atoms with Crippen molar-refractivity contribution in [1.29, 1.82) is 0 Å². The molecule has 22 nitrogen and oxygen atoms in total. The number of ether oxygens (including phenoxy) is 4. The van der Waals surface area contributed by atoms with Crippen LogP contribution in [0.1, 0.15) is 121 Å². The number of likely N-dealkylation sites (tertiary alicyclic amines) is 2.